The van der Waals surface area contributed by atoms with Crippen molar-refractivity contribution < 1.29 is 9.59 Å². The van der Waals surface area contributed by atoms with Crippen LogP contribution >= 0.6 is 0 Å². The molecule has 0 saturated carbocycles. The molecule has 5 nitrogen and oxygen atoms in total. The number of amides is 2. The molecule has 0 fully saturated rings. The van der Waals surface area contributed by atoms with Gasteiger partial charge in [-0.15, -0.1) is 0 Å². The average molecular weight is 452 g/mol. The van der Waals surface area contributed by atoms with Crippen molar-refractivity contribution in [1.29, 1.82) is 0 Å². The van der Waals surface area contributed by atoms with Crippen molar-refractivity contribution in [1.82, 2.24) is 15.2 Å². The Kier molecular flexibility index (Phi) is 5.93. The normalized spacial score (nSPS) is 16.0. The van der Waals surface area contributed by atoms with E-state index in [9.17, 15) is 9.59 Å². The first-order valence-electron chi connectivity index (χ1n) is 12.0. The number of rotatable bonds is 7. The van der Waals surface area contributed by atoms with Crippen LogP contribution in [0.1, 0.15) is 54.2 Å². The van der Waals surface area contributed by atoms with Gasteiger partial charge in [-0.25, -0.2) is 0 Å². The Bertz CT molecular complexity index is 1340. The molecule has 2 unspecified atom stereocenters. The van der Waals surface area contributed by atoms with Crippen LogP contribution in [0.5, 0.6) is 0 Å². The fourth-order valence-electron chi connectivity index (χ4n) is 4.97. The van der Waals surface area contributed by atoms with E-state index >= 15 is 0 Å². The van der Waals surface area contributed by atoms with Crippen LogP contribution in [0.2, 0.25) is 0 Å². The molecule has 5 rings (SSSR count). The summed E-state index contributed by atoms with van der Waals surface area (Å²) in [5.74, 6) is -0.233. The highest BCUT2D eigenvalue weighted by Crippen LogP contribution is 2.46. The molecule has 0 aliphatic carbocycles. The highest BCUT2D eigenvalue weighted by Gasteiger charge is 2.44. The number of aromatic amines is 1. The Morgan fingerprint density at radius 2 is 1.71 bits per heavy atom. The zero-order valence-corrected chi connectivity index (χ0v) is 19.5. The SMILES string of the molecule is CCCCNC(=O)C(C)N1C(=O)c2ccccc2C1c1c(-c2ccccc2)[nH]c2ccccc12. The van der Waals surface area contributed by atoms with E-state index in [1.54, 1.807) is 4.90 Å². The number of unbranched alkanes of at least 4 members (excludes halogenated alkanes) is 1. The summed E-state index contributed by atoms with van der Waals surface area (Å²) in [4.78, 5) is 32.2. The van der Waals surface area contributed by atoms with Crippen LogP contribution in [-0.4, -0.2) is 34.3 Å². The van der Waals surface area contributed by atoms with Gasteiger partial charge in [-0.1, -0.05) is 80.1 Å². The topological polar surface area (TPSA) is 65.2 Å². The Morgan fingerprint density at radius 1 is 1.00 bits per heavy atom. The maximum absolute atomic E-state index is 13.7. The molecule has 1 aliphatic rings. The van der Waals surface area contributed by atoms with Gasteiger partial charge in [0, 0.05) is 28.6 Å². The molecule has 4 aromatic rings. The smallest absolute Gasteiger partial charge is 0.255 e. The molecule has 3 aromatic carbocycles. The minimum absolute atomic E-state index is 0.108. The van der Waals surface area contributed by atoms with Gasteiger partial charge in [0.2, 0.25) is 5.91 Å². The molecule has 34 heavy (non-hydrogen) atoms. The molecular formula is C29H29N3O2. The molecule has 2 heterocycles. The van der Waals surface area contributed by atoms with Crippen LogP contribution in [-0.2, 0) is 4.79 Å². The van der Waals surface area contributed by atoms with Gasteiger partial charge >= 0.3 is 0 Å². The summed E-state index contributed by atoms with van der Waals surface area (Å²) in [6.07, 6.45) is 1.91. The monoisotopic (exact) mass is 451 g/mol. The third-order valence-corrected chi connectivity index (χ3v) is 6.71. The van der Waals surface area contributed by atoms with E-state index in [0.29, 0.717) is 12.1 Å². The number of nitrogens with zero attached hydrogens (tertiary/aromatic N) is 1. The lowest BCUT2D eigenvalue weighted by Crippen LogP contribution is -2.47. The number of benzene rings is 3. The summed E-state index contributed by atoms with van der Waals surface area (Å²) in [7, 11) is 0. The van der Waals surface area contributed by atoms with Crippen molar-refractivity contribution in [2.45, 2.75) is 38.8 Å². The summed E-state index contributed by atoms with van der Waals surface area (Å²) in [5.41, 5.74) is 5.64. The molecule has 0 radical (unpaired) electrons. The Morgan fingerprint density at radius 3 is 2.50 bits per heavy atom. The van der Waals surface area contributed by atoms with E-state index in [1.165, 1.54) is 0 Å². The van der Waals surface area contributed by atoms with E-state index in [2.05, 4.69) is 41.5 Å². The summed E-state index contributed by atoms with van der Waals surface area (Å²) in [5, 5.41) is 4.07. The first kappa shape index (κ1) is 22.0. The number of carbonyl (C=O) groups is 2. The van der Waals surface area contributed by atoms with Crippen LogP contribution in [0.3, 0.4) is 0 Å². The van der Waals surface area contributed by atoms with Gasteiger partial charge in [0.25, 0.3) is 5.91 Å². The van der Waals surface area contributed by atoms with Crippen molar-refractivity contribution in [3.8, 4) is 11.3 Å². The van der Waals surface area contributed by atoms with Gasteiger partial charge in [-0.3, -0.25) is 9.59 Å². The second kappa shape index (κ2) is 9.18. The number of hydrogen-bond acceptors (Lipinski definition) is 2. The highest BCUT2D eigenvalue weighted by atomic mass is 16.2. The molecule has 172 valence electrons. The quantitative estimate of drug-likeness (QED) is 0.355. The van der Waals surface area contributed by atoms with Gasteiger partial charge in [-0.05, 0) is 36.6 Å². The maximum Gasteiger partial charge on any atom is 0.255 e. The molecular weight excluding hydrogens is 422 g/mol. The largest absolute Gasteiger partial charge is 0.354 e. The Labute approximate surface area is 199 Å². The van der Waals surface area contributed by atoms with Gasteiger partial charge in [0.05, 0.1) is 11.7 Å². The molecule has 0 spiro atoms. The van der Waals surface area contributed by atoms with E-state index in [-0.39, 0.29) is 17.9 Å². The van der Waals surface area contributed by atoms with E-state index < -0.39 is 6.04 Å². The first-order valence-corrected chi connectivity index (χ1v) is 12.0. The number of para-hydroxylation sites is 1. The Balaban J connectivity index is 1.69. The number of fused-ring (bicyclic) bond motifs is 2. The first-order chi connectivity index (χ1) is 16.6. The van der Waals surface area contributed by atoms with Crippen molar-refractivity contribution in [2.75, 3.05) is 6.54 Å². The molecule has 2 N–H and O–H groups in total. The number of carbonyl (C=O) groups excluding carboxylic acids is 2. The second-order valence-electron chi connectivity index (χ2n) is 8.85. The van der Waals surface area contributed by atoms with Gasteiger partial charge < -0.3 is 15.2 Å². The average Bonchev–Trinajstić information content (AvgIpc) is 3.39. The van der Waals surface area contributed by atoms with E-state index in [1.807, 2.05) is 61.5 Å². The lowest BCUT2D eigenvalue weighted by Gasteiger charge is -2.31. The number of hydrogen-bond donors (Lipinski definition) is 2. The standard InChI is InChI=1S/C29H29N3O2/c1-3-4-18-30-28(33)19(2)32-27(21-14-8-9-15-22(21)29(32)34)25-23-16-10-11-17-24(23)31-26(25)20-12-6-5-7-13-20/h5-17,19,27,31H,3-4,18H2,1-2H3,(H,30,33). The number of aromatic nitrogens is 1. The zero-order valence-electron chi connectivity index (χ0n) is 19.5. The lowest BCUT2D eigenvalue weighted by atomic mass is 9.92. The van der Waals surface area contributed by atoms with Crippen molar-refractivity contribution in [2.24, 2.45) is 0 Å². The van der Waals surface area contributed by atoms with Gasteiger partial charge in [-0.2, -0.15) is 0 Å². The summed E-state index contributed by atoms with van der Waals surface area (Å²) < 4.78 is 0. The highest BCUT2D eigenvalue weighted by molar-refractivity contribution is 6.04. The van der Waals surface area contributed by atoms with Crippen LogP contribution < -0.4 is 5.32 Å². The zero-order chi connectivity index (χ0) is 23.7. The second-order valence-corrected chi connectivity index (χ2v) is 8.85. The number of nitrogens with one attached hydrogen (secondary N) is 2. The molecule has 1 aromatic heterocycles. The minimum atomic E-state index is -0.612. The third kappa shape index (κ3) is 3.67. The predicted octanol–water partition coefficient (Wildman–Crippen LogP) is 5.68. The lowest BCUT2D eigenvalue weighted by molar-refractivity contribution is -0.125. The molecule has 0 bridgehead atoms. The van der Waals surface area contributed by atoms with Gasteiger partial charge in [0.15, 0.2) is 0 Å². The molecule has 2 amide bonds. The van der Waals surface area contributed by atoms with Crippen LogP contribution in [0.25, 0.3) is 22.2 Å². The summed E-state index contributed by atoms with van der Waals surface area (Å²) in [6, 6.07) is 25.1. The molecule has 1 aliphatic heterocycles. The third-order valence-electron chi connectivity index (χ3n) is 6.71. The van der Waals surface area contributed by atoms with E-state index in [0.717, 1.165) is 46.1 Å². The minimum Gasteiger partial charge on any atom is -0.354 e. The van der Waals surface area contributed by atoms with E-state index in [4.69, 9.17) is 0 Å². The van der Waals surface area contributed by atoms with Crippen molar-refractivity contribution in [3.63, 3.8) is 0 Å². The number of H-pyrrole nitrogens is 1. The molecule has 0 saturated heterocycles. The van der Waals surface area contributed by atoms with Crippen molar-refractivity contribution >= 4 is 22.7 Å². The fraction of sp³-hybridized carbons (Fsp3) is 0.241. The fourth-order valence-corrected chi connectivity index (χ4v) is 4.97. The summed E-state index contributed by atoms with van der Waals surface area (Å²) in [6.45, 7) is 4.53. The predicted molar refractivity (Wildman–Crippen MR) is 136 cm³/mol. The van der Waals surface area contributed by atoms with Crippen LogP contribution in [0, 0.1) is 0 Å². The van der Waals surface area contributed by atoms with Gasteiger partial charge in [0.1, 0.15) is 6.04 Å². The Hall–Kier alpha value is -3.86. The van der Waals surface area contributed by atoms with Crippen LogP contribution in [0.4, 0.5) is 0 Å². The molecule has 2 atom stereocenters. The van der Waals surface area contributed by atoms with Crippen LogP contribution in [0.15, 0.2) is 78.9 Å². The molecule has 5 heteroatoms. The maximum atomic E-state index is 13.7. The van der Waals surface area contributed by atoms with Crippen molar-refractivity contribution in [3.05, 3.63) is 95.6 Å². The summed E-state index contributed by atoms with van der Waals surface area (Å²) >= 11 is 0.